The van der Waals surface area contributed by atoms with Crippen LogP contribution in [0.25, 0.3) is 0 Å². The molecule has 4 aliphatic rings. The number of nitro benzene ring substituents is 1. The standard InChI is InChI=1S/C18H23NO3/c1-11-3-16(19(20)21)4-12(2)17(11)22-18-8-13-5-14(9-18)7-15(6-13)10-18/h3-4,13-15H,5-10H2,1-2H3. The van der Waals surface area contributed by atoms with Crippen molar-refractivity contribution in [1.82, 2.24) is 0 Å². The van der Waals surface area contributed by atoms with Gasteiger partial charge in [0.2, 0.25) is 0 Å². The molecule has 0 heterocycles. The van der Waals surface area contributed by atoms with Crippen LogP contribution in [0.4, 0.5) is 5.69 Å². The van der Waals surface area contributed by atoms with Gasteiger partial charge in [-0.3, -0.25) is 10.1 Å². The van der Waals surface area contributed by atoms with Gasteiger partial charge in [0.1, 0.15) is 11.4 Å². The van der Waals surface area contributed by atoms with E-state index in [0.717, 1.165) is 34.6 Å². The number of rotatable bonds is 3. The predicted octanol–water partition coefficient (Wildman–Crippen LogP) is 4.56. The molecule has 1 aromatic carbocycles. The van der Waals surface area contributed by atoms with Gasteiger partial charge >= 0.3 is 0 Å². The fourth-order valence-corrected chi connectivity index (χ4v) is 5.57. The molecule has 0 spiro atoms. The molecule has 4 bridgehead atoms. The van der Waals surface area contributed by atoms with Crippen molar-refractivity contribution in [1.29, 1.82) is 0 Å². The van der Waals surface area contributed by atoms with E-state index in [2.05, 4.69) is 0 Å². The van der Waals surface area contributed by atoms with Crippen LogP contribution in [0.2, 0.25) is 0 Å². The number of nitrogens with zero attached hydrogens (tertiary/aromatic N) is 1. The van der Waals surface area contributed by atoms with Crippen molar-refractivity contribution >= 4 is 5.69 Å². The second kappa shape index (κ2) is 4.71. The summed E-state index contributed by atoms with van der Waals surface area (Å²) in [7, 11) is 0. The topological polar surface area (TPSA) is 52.4 Å². The zero-order chi connectivity index (χ0) is 15.5. The Morgan fingerprint density at radius 3 is 1.91 bits per heavy atom. The molecule has 0 aliphatic heterocycles. The minimum atomic E-state index is -0.325. The first-order valence-corrected chi connectivity index (χ1v) is 8.39. The average Bonchev–Trinajstić information content (AvgIpc) is 2.41. The largest absolute Gasteiger partial charge is 0.487 e. The van der Waals surface area contributed by atoms with Gasteiger partial charge in [-0.05, 0) is 81.3 Å². The molecule has 22 heavy (non-hydrogen) atoms. The molecule has 4 nitrogen and oxygen atoms in total. The molecule has 4 aliphatic carbocycles. The highest BCUT2D eigenvalue weighted by molar-refractivity contribution is 5.49. The smallest absolute Gasteiger partial charge is 0.270 e. The summed E-state index contributed by atoms with van der Waals surface area (Å²) in [5.74, 6) is 3.40. The van der Waals surface area contributed by atoms with Crippen molar-refractivity contribution in [3.63, 3.8) is 0 Å². The number of ether oxygens (including phenoxy) is 1. The fourth-order valence-electron chi connectivity index (χ4n) is 5.57. The number of nitro groups is 1. The summed E-state index contributed by atoms with van der Waals surface area (Å²) in [6, 6.07) is 3.28. The van der Waals surface area contributed by atoms with E-state index < -0.39 is 0 Å². The molecular weight excluding hydrogens is 278 g/mol. The van der Waals surface area contributed by atoms with E-state index in [1.54, 1.807) is 12.1 Å². The molecule has 0 radical (unpaired) electrons. The van der Waals surface area contributed by atoms with Crippen molar-refractivity contribution in [3.8, 4) is 5.75 Å². The number of hydrogen-bond donors (Lipinski definition) is 0. The molecule has 0 aromatic heterocycles. The van der Waals surface area contributed by atoms with Gasteiger partial charge in [0.15, 0.2) is 0 Å². The Balaban J connectivity index is 1.65. The quantitative estimate of drug-likeness (QED) is 0.607. The van der Waals surface area contributed by atoms with E-state index in [1.165, 1.54) is 38.5 Å². The summed E-state index contributed by atoms with van der Waals surface area (Å²) < 4.78 is 6.59. The van der Waals surface area contributed by atoms with Gasteiger partial charge in [0.25, 0.3) is 5.69 Å². The van der Waals surface area contributed by atoms with Crippen molar-refractivity contribution in [2.45, 2.75) is 58.0 Å². The van der Waals surface area contributed by atoms with Gasteiger partial charge < -0.3 is 4.74 Å². The van der Waals surface area contributed by atoms with Gasteiger partial charge in [-0.15, -0.1) is 0 Å². The Morgan fingerprint density at radius 1 is 1.05 bits per heavy atom. The van der Waals surface area contributed by atoms with Crippen LogP contribution in [-0.2, 0) is 0 Å². The van der Waals surface area contributed by atoms with Gasteiger partial charge in [-0.1, -0.05) is 0 Å². The van der Waals surface area contributed by atoms with Crippen LogP contribution in [-0.4, -0.2) is 10.5 Å². The van der Waals surface area contributed by atoms with E-state index in [0.29, 0.717) is 0 Å². The molecule has 0 N–H and O–H groups in total. The molecule has 0 saturated heterocycles. The van der Waals surface area contributed by atoms with E-state index in [9.17, 15) is 10.1 Å². The predicted molar refractivity (Wildman–Crippen MR) is 84.1 cm³/mol. The van der Waals surface area contributed by atoms with E-state index in [1.807, 2.05) is 13.8 Å². The highest BCUT2D eigenvalue weighted by Gasteiger charge is 2.52. The highest BCUT2D eigenvalue weighted by atomic mass is 16.6. The maximum Gasteiger partial charge on any atom is 0.270 e. The van der Waals surface area contributed by atoms with Crippen LogP contribution in [0.15, 0.2) is 12.1 Å². The van der Waals surface area contributed by atoms with Crippen molar-refractivity contribution in [2.24, 2.45) is 17.8 Å². The maximum absolute atomic E-state index is 11.0. The molecule has 118 valence electrons. The SMILES string of the molecule is Cc1cc([N+](=O)[O-])cc(C)c1OC12CC3CC(CC(C3)C1)C2. The van der Waals surface area contributed by atoms with E-state index in [4.69, 9.17) is 4.74 Å². The first-order chi connectivity index (χ1) is 10.4. The third-order valence-electron chi connectivity index (χ3n) is 5.96. The zero-order valence-electron chi connectivity index (χ0n) is 13.3. The minimum absolute atomic E-state index is 0.000400. The number of non-ortho nitro benzene ring substituents is 1. The Bertz CT molecular complexity index is 579. The monoisotopic (exact) mass is 301 g/mol. The fraction of sp³-hybridized carbons (Fsp3) is 0.667. The lowest BCUT2D eigenvalue weighted by Gasteiger charge is -2.56. The van der Waals surface area contributed by atoms with Gasteiger partial charge in [0.05, 0.1) is 4.92 Å². The second-order valence-corrected chi connectivity index (χ2v) is 7.87. The van der Waals surface area contributed by atoms with Crippen LogP contribution in [0, 0.1) is 41.7 Å². The normalized spacial score (nSPS) is 35.6. The average molecular weight is 301 g/mol. The lowest BCUT2D eigenvalue weighted by atomic mass is 9.54. The molecule has 0 amide bonds. The lowest BCUT2D eigenvalue weighted by Crippen LogP contribution is -2.53. The van der Waals surface area contributed by atoms with Gasteiger partial charge in [-0.2, -0.15) is 0 Å². The van der Waals surface area contributed by atoms with E-state index >= 15 is 0 Å². The molecule has 4 fully saturated rings. The van der Waals surface area contributed by atoms with Crippen LogP contribution in [0.3, 0.4) is 0 Å². The second-order valence-electron chi connectivity index (χ2n) is 7.87. The first kappa shape index (κ1) is 14.0. The van der Waals surface area contributed by atoms with Crippen LogP contribution >= 0.6 is 0 Å². The van der Waals surface area contributed by atoms with Crippen LogP contribution in [0.1, 0.15) is 49.7 Å². The van der Waals surface area contributed by atoms with Crippen LogP contribution in [0.5, 0.6) is 5.75 Å². The molecular formula is C18H23NO3. The number of benzene rings is 1. The van der Waals surface area contributed by atoms with Crippen molar-refractivity contribution in [2.75, 3.05) is 0 Å². The molecule has 4 saturated carbocycles. The number of hydrogen-bond acceptors (Lipinski definition) is 3. The first-order valence-electron chi connectivity index (χ1n) is 8.39. The summed E-state index contributed by atoms with van der Waals surface area (Å²) in [4.78, 5) is 10.7. The van der Waals surface area contributed by atoms with Crippen molar-refractivity contribution < 1.29 is 9.66 Å². The molecule has 5 rings (SSSR count). The van der Waals surface area contributed by atoms with Crippen molar-refractivity contribution in [3.05, 3.63) is 33.4 Å². The maximum atomic E-state index is 11.0. The Hall–Kier alpha value is -1.58. The third-order valence-corrected chi connectivity index (χ3v) is 5.96. The minimum Gasteiger partial charge on any atom is -0.487 e. The summed E-state index contributed by atoms with van der Waals surface area (Å²) in [5.41, 5.74) is 1.94. The zero-order valence-corrected chi connectivity index (χ0v) is 13.3. The van der Waals surface area contributed by atoms with Gasteiger partial charge in [0, 0.05) is 12.1 Å². The summed E-state index contributed by atoms with van der Waals surface area (Å²) in [5, 5.41) is 11.0. The Labute approximate surface area is 131 Å². The molecule has 1 aromatic rings. The van der Waals surface area contributed by atoms with Gasteiger partial charge in [-0.25, -0.2) is 0 Å². The summed E-state index contributed by atoms with van der Waals surface area (Å²) in [6.07, 6.45) is 7.70. The molecule has 0 unspecified atom stereocenters. The lowest BCUT2D eigenvalue weighted by molar-refractivity contribution is -0.385. The highest BCUT2D eigenvalue weighted by Crippen LogP contribution is 2.57. The molecule has 0 atom stereocenters. The summed E-state index contributed by atoms with van der Waals surface area (Å²) in [6.45, 7) is 3.85. The Kier molecular flexibility index (Phi) is 3.00. The van der Waals surface area contributed by atoms with Crippen LogP contribution < -0.4 is 4.74 Å². The van der Waals surface area contributed by atoms with E-state index in [-0.39, 0.29) is 16.2 Å². The Morgan fingerprint density at radius 2 is 1.50 bits per heavy atom. The number of aryl methyl sites for hydroxylation is 2. The molecule has 4 heteroatoms. The summed E-state index contributed by atoms with van der Waals surface area (Å²) >= 11 is 0. The third kappa shape index (κ3) is 2.20.